The molecule has 0 aromatic carbocycles. The second-order valence-electron chi connectivity index (χ2n) is 9.83. The first-order chi connectivity index (χ1) is 16.1. The van der Waals surface area contributed by atoms with Gasteiger partial charge in [-0.1, -0.05) is 147 Å². The molecule has 0 saturated heterocycles. The van der Waals surface area contributed by atoms with Crippen LogP contribution >= 0.6 is 0 Å². The minimum absolute atomic E-state index is 0.342. The molecular weight excluding hydrogens is 412 g/mol. The Kier molecular flexibility index (Phi) is 24.3. The van der Waals surface area contributed by atoms with E-state index < -0.39 is 17.9 Å². The topological polar surface area (TPSA) is 74.6 Å². The number of aliphatic carboxylic acids is 2. The van der Waals surface area contributed by atoms with E-state index in [0.29, 0.717) is 0 Å². The molecule has 4 heteroatoms. The predicted molar refractivity (Wildman–Crippen MR) is 140 cm³/mol. The molecule has 0 aliphatic rings. The van der Waals surface area contributed by atoms with Gasteiger partial charge in [0.05, 0.1) is 12.3 Å². The van der Waals surface area contributed by atoms with Gasteiger partial charge in [0.25, 0.3) is 0 Å². The molecule has 1 unspecified atom stereocenters. The van der Waals surface area contributed by atoms with Gasteiger partial charge < -0.3 is 10.2 Å². The Morgan fingerprint density at radius 3 is 1.21 bits per heavy atom. The molecule has 1 atom stereocenters. The molecule has 0 aliphatic heterocycles. The molecule has 194 valence electrons. The van der Waals surface area contributed by atoms with Crippen LogP contribution in [0.1, 0.15) is 155 Å². The van der Waals surface area contributed by atoms with Crippen molar-refractivity contribution < 1.29 is 19.8 Å². The summed E-state index contributed by atoms with van der Waals surface area (Å²) in [4.78, 5) is 21.6. The Morgan fingerprint density at radius 1 is 0.576 bits per heavy atom. The van der Waals surface area contributed by atoms with Crippen LogP contribution in [0.25, 0.3) is 0 Å². The lowest BCUT2D eigenvalue weighted by molar-refractivity contribution is -0.146. The molecule has 0 radical (unpaired) electrons. The molecule has 0 aromatic heterocycles. The molecule has 0 spiro atoms. The summed E-state index contributed by atoms with van der Waals surface area (Å²) in [5.41, 5.74) is 0. The highest BCUT2D eigenvalue weighted by molar-refractivity contribution is 5.79. The molecule has 0 aliphatic carbocycles. The summed E-state index contributed by atoms with van der Waals surface area (Å²) in [5.74, 6) is -3.04. The van der Waals surface area contributed by atoms with E-state index in [9.17, 15) is 9.59 Å². The Morgan fingerprint density at radius 2 is 0.909 bits per heavy atom. The molecule has 0 aromatic rings. The Hall–Kier alpha value is -1.32. The number of allylic oxidation sites excluding steroid dienone is 1. The van der Waals surface area contributed by atoms with Crippen LogP contribution < -0.4 is 0 Å². The van der Waals surface area contributed by atoms with Gasteiger partial charge in [-0.3, -0.25) is 9.59 Å². The predicted octanol–water partition coefficient (Wildman–Crippen LogP) is 9.32. The van der Waals surface area contributed by atoms with Gasteiger partial charge in [0.2, 0.25) is 0 Å². The van der Waals surface area contributed by atoms with Gasteiger partial charge in [0.1, 0.15) is 0 Å². The summed E-state index contributed by atoms with van der Waals surface area (Å²) in [6.07, 6.45) is 32.6. The third-order valence-corrected chi connectivity index (χ3v) is 6.55. The van der Waals surface area contributed by atoms with Crippen LogP contribution in [-0.2, 0) is 9.59 Å². The number of carbonyl (C=O) groups is 2. The van der Waals surface area contributed by atoms with E-state index in [-0.39, 0.29) is 6.42 Å². The van der Waals surface area contributed by atoms with E-state index in [2.05, 4.69) is 6.92 Å². The molecular formula is C29H54O4. The zero-order valence-electron chi connectivity index (χ0n) is 21.7. The van der Waals surface area contributed by atoms with Crippen molar-refractivity contribution >= 4 is 11.9 Å². The highest BCUT2D eigenvalue weighted by Crippen LogP contribution is 2.15. The van der Waals surface area contributed by atoms with Crippen LogP contribution in [-0.4, -0.2) is 22.2 Å². The van der Waals surface area contributed by atoms with Gasteiger partial charge in [0.15, 0.2) is 0 Å². The first-order valence-corrected chi connectivity index (χ1v) is 14.2. The third-order valence-electron chi connectivity index (χ3n) is 6.55. The monoisotopic (exact) mass is 466 g/mol. The maximum atomic E-state index is 11.0. The Labute approximate surface area is 204 Å². The molecule has 0 heterocycles. The lowest BCUT2D eigenvalue weighted by atomic mass is 10.0. The number of unbranched alkanes of at least 4 members (excludes halogenated alkanes) is 21. The van der Waals surface area contributed by atoms with E-state index in [1.165, 1.54) is 134 Å². The number of rotatable bonds is 26. The number of carboxylic acids is 2. The van der Waals surface area contributed by atoms with Gasteiger partial charge in [-0.05, 0) is 12.8 Å². The lowest BCUT2D eigenvalue weighted by Crippen LogP contribution is -2.15. The van der Waals surface area contributed by atoms with Crippen molar-refractivity contribution in [3.8, 4) is 0 Å². The molecule has 0 amide bonds. The second-order valence-corrected chi connectivity index (χ2v) is 9.83. The number of hydrogen-bond acceptors (Lipinski definition) is 2. The summed E-state index contributed by atoms with van der Waals surface area (Å²) in [5, 5.41) is 17.7. The largest absolute Gasteiger partial charge is 0.481 e. The summed E-state index contributed by atoms with van der Waals surface area (Å²) >= 11 is 0. The zero-order valence-corrected chi connectivity index (χ0v) is 21.7. The van der Waals surface area contributed by atoms with Crippen LogP contribution in [0.4, 0.5) is 0 Å². The van der Waals surface area contributed by atoms with Crippen molar-refractivity contribution in [3.63, 3.8) is 0 Å². The SMILES string of the molecule is CCCCCCCCCCCCCCCCCCCCCCC/C=C/C(CC(=O)O)C(=O)O. The maximum Gasteiger partial charge on any atom is 0.310 e. The van der Waals surface area contributed by atoms with Crippen LogP contribution in [0, 0.1) is 5.92 Å². The van der Waals surface area contributed by atoms with Crippen molar-refractivity contribution in [2.24, 2.45) is 5.92 Å². The molecule has 2 N–H and O–H groups in total. The number of hydrogen-bond donors (Lipinski definition) is 2. The van der Waals surface area contributed by atoms with Crippen molar-refractivity contribution in [3.05, 3.63) is 12.2 Å². The Bertz CT molecular complexity index is 472. The summed E-state index contributed by atoms with van der Waals surface area (Å²) in [6.45, 7) is 2.28. The maximum absolute atomic E-state index is 11.0. The van der Waals surface area contributed by atoms with Gasteiger partial charge in [-0.2, -0.15) is 0 Å². The average Bonchev–Trinajstić information content (AvgIpc) is 2.78. The summed E-state index contributed by atoms with van der Waals surface area (Å²) < 4.78 is 0. The van der Waals surface area contributed by atoms with Crippen LogP contribution in [0.2, 0.25) is 0 Å². The third kappa shape index (κ3) is 25.1. The first kappa shape index (κ1) is 31.7. The molecule has 0 saturated carbocycles. The Balaban J connectivity index is 3.25. The molecule has 0 rings (SSSR count). The lowest BCUT2D eigenvalue weighted by Gasteiger charge is -2.04. The molecule has 4 nitrogen and oxygen atoms in total. The van der Waals surface area contributed by atoms with E-state index >= 15 is 0 Å². The van der Waals surface area contributed by atoms with Gasteiger partial charge in [-0.15, -0.1) is 0 Å². The quantitative estimate of drug-likeness (QED) is 0.0983. The normalized spacial score (nSPS) is 12.4. The van der Waals surface area contributed by atoms with Crippen LogP contribution in [0.5, 0.6) is 0 Å². The van der Waals surface area contributed by atoms with E-state index in [4.69, 9.17) is 10.2 Å². The minimum atomic E-state index is -1.07. The van der Waals surface area contributed by atoms with Gasteiger partial charge >= 0.3 is 11.9 Å². The van der Waals surface area contributed by atoms with Crippen molar-refractivity contribution in [2.75, 3.05) is 0 Å². The van der Waals surface area contributed by atoms with E-state index in [0.717, 1.165) is 12.8 Å². The first-order valence-electron chi connectivity index (χ1n) is 14.2. The smallest absolute Gasteiger partial charge is 0.310 e. The molecule has 0 bridgehead atoms. The minimum Gasteiger partial charge on any atom is -0.481 e. The highest BCUT2D eigenvalue weighted by Gasteiger charge is 2.17. The van der Waals surface area contributed by atoms with Gasteiger partial charge in [0, 0.05) is 0 Å². The highest BCUT2D eigenvalue weighted by atomic mass is 16.4. The fraction of sp³-hybridized carbons (Fsp3) is 0.862. The fourth-order valence-corrected chi connectivity index (χ4v) is 4.38. The van der Waals surface area contributed by atoms with Crippen molar-refractivity contribution in [2.45, 2.75) is 155 Å². The van der Waals surface area contributed by atoms with Crippen molar-refractivity contribution in [1.29, 1.82) is 0 Å². The average molecular weight is 467 g/mol. The standard InChI is InChI=1S/C29H54O4/c1-2-3-4-5-6-7-8-9-10-11-12-13-14-15-16-17-18-19-20-21-22-23-24-25-27(29(32)33)26-28(30)31/h24-25,27H,2-23,26H2,1H3,(H,30,31)(H,32,33)/b25-24+. The summed E-state index contributed by atoms with van der Waals surface area (Å²) in [6, 6.07) is 0. The van der Waals surface area contributed by atoms with Crippen LogP contribution in [0.15, 0.2) is 12.2 Å². The second kappa shape index (κ2) is 25.3. The van der Waals surface area contributed by atoms with Crippen LogP contribution in [0.3, 0.4) is 0 Å². The fourth-order valence-electron chi connectivity index (χ4n) is 4.38. The van der Waals surface area contributed by atoms with Gasteiger partial charge in [-0.25, -0.2) is 0 Å². The van der Waals surface area contributed by atoms with Crippen molar-refractivity contribution in [1.82, 2.24) is 0 Å². The summed E-state index contributed by atoms with van der Waals surface area (Å²) in [7, 11) is 0. The van der Waals surface area contributed by atoms with E-state index in [1.807, 2.05) is 6.08 Å². The molecule has 0 fully saturated rings. The number of carboxylic acid groups (broad SMARTS) is 2. The molecule has 33 heavy (non-hydrogen) atoms. The van der Waals surface area contributed by atoms with E-state index in [1.54, 1.807) is 0 Å². The zero-order chi connectivity index (χ0) is 24.4.